The molecule has 0 saturated heterocycles. The summed E-state index contributed by atoms with van der Waals surface area (Å²) in [6.45, 7) is 2.01. The minimum absolute atomic E-state index is 0.0185. The Morgan fingerprint density at radius 2 is 1.80 bits per heavy atom. The molecule has 0 unspecified atom stereocenters. The number of carbonyl (C=O) groups excluding carboxylic acids is 2. The van der Waals surface area contributed by atoms with E-state index in [0.717, 1.165) is 11.1 Å². The van der Waals surface area contributed by atoms with E-state index >= 15 is 0 Å². The highest BCUT2D eigenvalue weighted by Crippen LogP contribution is 2.32. The van der Waals surface area contributed by atoms with Gasteiger partial charge in [-0.15, -0.1) is 0 Å². The summed E-state index contributed by atoms with van der Waals surface area (Å²) in [5, 5.41) is 13.3. The minimum atomic E-state index is -0.532. The summed E-state index contributed by atoms with van der Waals surface area (Å²) in [5.74, 6) is -0.384. The van der Waals surface area contributed by atoms with Crippen molar-refractivity contribution < 1.29 is 14.5 Å². The topological polar surface area (TPSA) is 115 Å². The van der Waals surface area contributed by atoms with Crippen LogP contribution in [0.1, 0.15) is 49.9 Å². The molecule has 0 radical (unpaired) electrons. The summed E-state index contributed by atoms with van der Waals surface area (Å²) >= 11 is 0. The number of nitrogens with zero attached hydrogens (tertiary/aromatic N) is 3. The first-order valence-corrected chi connectivity index (χ1v) is 9.42. The van der Waals surface area contributed by atoms with Crippen LogP contribution >= 0.6 is 0 Å². The number of rotatable bonds is 4. The molecule has 150 valence electrons. The number of hydrogen-bond acceptors (Lipinski definition) is 6. The fourth-order valence-corrected chi connectivity index (χ4v) is 3.49. The van der Waals surface area contributed by atoms with Crippen LogP contribution in [-0.4, -0.2) is 26.6 Å². The number of benzene rings is 2. The Hall–Kier alpha value is -3.94. The van der Waals surface area contributed by atoms with E-state index in [-0.39, 0.29) is 28.9 Å². The number of aromatic nitrogens is 2. The van der Waals surface area contributed by atoms with Crippen LogP contribution in [0.5, 0.6) is 0 Å². The van der Waals surface area contributed by atoms with Crippen LogP contribution < -0.4 is 5.32 Å². The molecule has 30 heavy (non-hydrogen) atoms. The predicted octanol–water partition coefficient (Wildman–Crippen LogP) is 3.86. The number of nitro benzene ring substituents is 1. The molecule has 0 saturated carbocycles. The average molecular weight is 402 g/mol. The van der Waals surface area contributed by atoms with E-state index in [4.69, 9.17) is 0 Å². The second-order valence-corrected chi connectivity index (χ2v) is 7.25. The Kier molecular flexibility index (Phi) is 5.05. The Morgan fingerprint density at radius 1 is 1.10 bits per heavy atom. The second-order valence-electron chi connectivity index (χ2n) is 7.25. The number of ketones is 1. The van der Waals surface area contributed by atoms with E-state index in [9.17, 15) is 19.7 Å². The predicted molar refractivity (Wildman–Crippen MR) is 110 cm³/mol. The Morgan fingerprint density at radius 3 is 2.47 bits per heavy atom. The molecule has 8 heteroatoms. The van der Waals surface area contributed by atoms with E-state index in [1.165, 1.54) is 30.5 Å². The van der Waals surface area contributed by atoms with Gasteiger partial charge in [0.2, 0.25) is 5.95 Å². The van der Waals surface area contributed by atoms with E-state index in [1.54, 1.807) is 0 Å². The van der Waals surface area contributed by atoms with Crippen LogP contribution in [0.25, 0.3) is 0 Å². The van der Waals surface area contributed by atoms with Crippen molar-refractivity contribution in [3.8, 4) is 0 Å². The van der Waals surface area contributed by atoms with Gasteiger partial charge in [0, 0.05) is 30.3 Å². The molecule has 1 atom stereocenters. The van der Waals surface area contributed by atoms with E-state index in [0.29, 0.717) is 24.1 Å². The van der Waals surface area contributed by atoms with Crippen LogP contribution in [0.3, 0.4) is 0 Å². The monoisotopic (exact) mass is 402 g/mol. The Bertz CT molecular complexity index is 1140. The van der Waals surface area contributed by atoms with Crippen molar-refractivity contribution in [2.75, 3.05) is 5.32 Å². The molecule has 4 rings (SSSR count). The lowest BCUT2D eigenvalue weighted by molar-refractivity contribution is -0.384. The van der Waals surface area contributed by atoms with Gasteiger partial charge < -0.3 is 0 Å². The molecular formula is C22H18N4O4. The van der Waals surface area contributed by atoms with Gasteiger partial charge in [-0.1, -0.05) is 29.8 Å². The summed E-state index contributed by atoms with van der Waals surface area (Å²) in [5.41, 5.74) is 3.46. The lowest BCUT2D eigenvalue weighted by Crippen LogP contribution is -2.22. The third-order valence-electron chi connectivity index (χ3n) is 5.15. The first kappa shape index (κ1) is 19.4. The van der Waals surface area contributed by atoms with Crippen LogP contribution in [-0.2, 0) is 6.42 Å². The van der Waals surface area contributed by atoms with E-state index < -0.39 is 10.8 Å². The third-order valence-corrected chi connectivity index (χ3v) is 5.15. The maximum atomic E-state index is 12.6. The lowest BCUT2D eigenvalue weighted by Gasteiger charge is -2.23. The molecule has 8 nitrogen and oxygen atoms in total. The molecule has 0 fully saturated rings. The summed E-state index contributed by atoms with van der Waals surface area (Å²) in [4.78, 5) is 43.7. The van der Waals surface area contributed by atoms with Gasteiger partial charge in [-0.3, -0.25) is 25.0 Å². The quantitative estimate of drug-likeness (QED) is 0.523. The Labute approximate surface area is 172 Å². The van der Waals surface area contributed by atoms with Crippen molar-refractivity contribution >= 4 is 23.3 Å². The van der Waals surface area contributed by atoms with Crippen molar-refractivity contribution in [1.29, 1.82) is 0 Å². The molecule has 1 aliphatic carbocycles. The molecule has 3 aromatic rings. The highest BCUT2D eigenvalue weighted by Gasteiger charge is 2.28. The number of non-ortho nitro benzene ring substituents is 1. The fraction of sp³-hybridized carbons (Fsp3) is 0.182. The van der Waals surface area contributed by atoms with Crippen molar-refractivity contribution in [1.82, 2.24) is 9.97 Å². The second kappa shape index (κ2) is 7.82. The van der Waals surface area contributed by atoms with Crippen LogP contribution in [0.15, 0.2) is 54.7 Å². The zero-order valence-electron chi connectivity index (χ0n) is 16.2. The molecule has 0 aliphatic heterocycles. The molecule has 0 spiro atoms. The molecule has 1 heterocycles. The third kappa shape index (κ3) is 3.93. The summed E-state index contributed by atoms with van der Waals surface area (Å²) in [7, 11) is 0. The number of anilines is 1. The molecule has 1 amide bonds. The first-order valence-electron chi connectivity index (χ1n) is 9.42. The zero-order valence-corrected chi connectivity index (χ0v) is 16.2. The fourth-order valence-electron chi connectivity index (χ4n) is 3.49. The summed E-state index contributed by atoms with van der Waals surface area (Å²) in [6.07, 6.45) is 2.42. The van der Waals surface area contributed by atoms with Crippen molar-refractivity contribution in [3.63, 3.8) is 0 Å². The number of nitrogens with one attached hydrogen (secondary N) is 1. The number of fused-ring (bicyclic) bond motifs is 1. The zero-order chi connectivity index (χ0) is 21.3. The lowest BCUT2D eigenvalue weighted by atomic mass is 9.82. The maximum Gasteiger partial charge on any atom is 0.269 e. The molecule has 2 aromatic carbocycles. The summed E-state index contributed by atoms with van der Waals surface area (Å²) < 4.78 is 0. The summed E-state index contributed by atoms with van der Waals surface area (Å²) in [6, 6.07) is 13.3. The van der Waals surface area contributed by atoms with Crippen LogP contribution in [0, 0.1) is 17.0 Å². The van der Waals surface area contributed by atoms with Gasteiger partial charge >= 0.3 is 0 Å². The number of hydrogen-bond donors (Lipinski definition) is 1. The van der Waals surface area contributed by atoms with Crippen LogP contribution in [0.2, 0.25) is 0 Å². The minimum Gasteiger partial charge on any atom is -0.294 e. The number of amides is 1. The van der Waals surface area contributed by atoms with Gasteiger partial charge in [-0.25, -0.2) is 9.97 Å². The van der Waals surface area contributed by atoms with Crippen molar-refractivity contribution in [2.45, 2.75) is 25.7 Å². The molecule has 0 bridgehead atoms. The van der Waals surface area contributed by atoms with Gasteiger partial charge in [0.05, 0.1) is 16.2 Å². The van der Waals surface area contributed by atoms with E-state index in [2.05, 4.69) is 15.3 Å². The SMILES string of the molecule is Cc1ccc([C@H]2CC(=O)c3cnc(NC(=O)c4ccc([N+](=O)[O-])cc4)nc3C2)cc1. The standard InChI is InChI=1S/C22H18N4O4/c1-13-2-4-14(5-3-13)16-10-19-18(20(27)11-16)12-23-22(24-19)25-21(28)15-6-8-17(9-7-15)26(29)30/h2-9,12,16H,10-11H2,1H3,(H,23,24,25,28)/t16-/m1/s1. The molecular weight excluding hydrogens is 384 g/mol. The van der Waals surface area contributed by atoms with Crippen molar-refractivity contribution in [2.24, 2.45) is 0 Å². The van der Waals surface area contributed by atoms with Gasteiger partial charge in [0.1, 0.15) is 0 Å². The average Bonchev–Trinajstić information content (AvgIpc) is 2.74. The molecule has 1 aliphatic rings. The highest BCUT2D eigenvalue weighted by molar-refractivity contribution is 6.03. The molecule has 1 aromatic heterocycles. The largest absolute Gasteiger partial charge is 0.294 e. The maximum absolute atomic E-state index is 12.6. The first-order chi connectivity index (χ1) is 14.4. The smallest absolute Gasteiger partial charge is 0.269 e. The molecule has 1 N–H and O–H groups in total. The van der Waals surface area contributed by atoms with Gasteiger partial charge in [-0.2, -0.15) is 0 Å². The number of nitro groups is 1. The number of Topliss-reactive ketones (excluding diaryl/α,β-unsaturated/α-hetero) is 1. The highest BCUT2D eigenvalue weighted by atomic mass is 16.6. The van der Waals surface area contributed by atoms with Crippen LogP contribution in [0.4, 0.5) is 11.6 Å². The number of aryl methyl sites for hydroxylation is 1. The van der Waals surface area contributed by atoms with Gasteiger partial charge in [-0.05, 0) is 37.0 Å². The normalized spacial score (nSPS) is 15.4. The van der Waals surface area contributed by atoms with Gasteiger partial charge in [0.25, 0.3) is 11.6 Å². The van der Waals surface area contributed by atoms with Gasteiger partial charge in [0.15, 0.2) is 5.78 Å². The van der Waals surface area contributed by atoms with E-state index in [1.807, 2.05) is 31.2 Å². The number of carbonyl (C=O) groups is 2. The Balaban J connectivity index is 1.54. The van der Waals surface area contributed by atoms with Crippen molar-refractivity contribution in [3.05, 3.63) is 92.8 Å².